The van der Waals surface area contributed by atoms with Gasteiger partial charge in [0.2, 0.25) is 0 Å². The van der Waals surface area contributed by atoms with Gasteiger partial charge in [-0.25, -0.2) is 4.98 Å². The zero-order chi connectivity index (χ0) is 12.5. The number of rotatable bonds is 7. The lowest BCUT2D eigenvalue weighted by Crippen LogP contribution is -2.33. The zero-order valence-electron chi connectivity index (χ0n) is 10.2. The van der Waals surface area contributed by atoms with E-state index < -0.39 is 0 Å². The fraction of sp³-hybridized carbons (Fsp3) is 0.545. The highest BCUT2D eigenvalue weighted by Gasteiger charge is 2.05. The lowest BCUT2D eigenvalue weighted by atomic mass is 10.4. The molecular weight excluding hydrogens is 220 g/mol. The maximum atomic E-state index is 11.6. The molecule has 94 valence electrons. The predicted octanol–water partition coefficient (Wildman–Crippen LogP) is -0.249. The summed E-state index contributed by atoms with van der Waals surface area (Å²) in [7, 11) is 1.65. The van der Waals surface area contributed by atoms with E-state index in [4.69, 9.17) is 4.74 Å². The van der Waals surface area contributed by atoms with Gasteiger partial charge in [-0.15, -0.1) is 0 Å². The second-order valence-corrected chi connectivity index (χ2v) is 3.54. The third-order valence-electron chi connectivity index (χ3n) is 2.08. The number of hydrogen-bond donors (Lipinski definition) is 2. The van der Waals surface area contributed by atoms with Gasteiger partial charge in [-0.05, 0) is 6.92 Å². The lowest BCUT2D eigenvalue weighted by molar-refractivity contribution is 0.0948. The number of ether oxygens (including phenoxy) is 1. The van der Waals surface area contributed by atoms with Crippen LogP contribution in [0.15, 0.2) is 12.4 Å². The quantitative estimate of drug-likeness (QED) is 0.641. The molecule has 6 heteroatoms. The van der Waals surface area contributed by atoms with Crippen molar-refractivity contribution in [3.8, 4) is 0 Å². The predicted molar refractivity (Wildman–Crippen MR) is 63.8 cm³/mol. The molecule has 0 aliphatic heterocycles. The van der Waals surface area contributed by atoms with E-state index >= 15 is 0 Å². The van der Waals surface area contributed by atoms with Crippen LogP contribution in [0.2, 0.25) is 0 Å². The molecule has 1 rings (SSSR count). The summed E-state index contributed by atoms with van der Waals surface area (Å²) in [5, 5.41) is 5.88. The summed E-state index contributed by atoms with van der Waals surface area (Å²) in [5.41, 5.74) is 1.13. The molecule has 1 aromatic heterocycles. The van der Waals surface area contributed by atoms with Crippen LogP contribution in [0.25, 0.3) is 0 Å². The number of nitrogens with zero attached hydrogens (tertiary/aromatic N) is 2. The van der Waals surface area contributed by atoms with Gasteiger partial charge in [-0.2, -0.15) is 0 Å². The van der Waals surface area contributed by atoms with Gasteiger partial charge in [-0.1, -0.05) is 0 Å². The molecule has 1 aromatic rings. The Morgan fingerprint density at radius 3 is 2.76 bits per heavy atom. The summed E-state index contributed by atoms with van der Waals surface area (Å²) in [6, 6.07) is 0. The van der Waals surface area contributed by atoms with E-state index in [1.54, 1.807) is 13.3 Å². The molecule has 0 bridgehead atoms. The highest BCUT2D eigenvalue weighted by atomic mass is 16.5. The average Bonchev–Trinajstić information content (AvgIpc) is 2.34. The Kier molecular flexibility index (Phi) is 6.13. The number of carbonyl (C=O) groups excluding carboxylic acids is 1. The van der Waals surface area contributed by atoms with Crippen LogP contribution in [0.5, 0.6) is 0 Å². The van der Waals surface area contributed by atoms with Crippen molar-refractivity contribution in [1.29, 1.82) is 0 Å². The molecule has 0 spiro atoms. The molecular formula is C11H18N4O2. The van der Waals surface area contributed by atoms with Crippen molar-refractivity contribution in [2.45, 2.75) is 6.92 Å². The van der Waals surface area contributed by atoms with E-state index in [0.717, 1.165) is 12.2 Å². The van der Waals surface area contributed by atoms with Gasteiger partial charge < -0.3 is 15.4 Å². The van der Waals surface area contributed by atoms with Crippen LogP contribution in [0.1, 0.15) is 16.2 Å². The largest absolute Gasteiger partial charge is 0.383 e. The van der Waals surface area contributed by atoms with Crippen molar-refractivity contribution in [3.05, 3.63) is 23.8 Å². The molecule has 0 aliphatic carbocycles. The molecule has 0 saturated heterocycles. The highest BCUT2D eigenvalue weighted by molar-refractivity contribution is 5.91. The van der Waals surface area contributed by atoms with Gasteiger partial charge in [0, 0.05) is 32.9 Å². The highest BCUT2D eigenvalue weighted by Crippen LogP contribution is 1.93. The van der Waals surface area contributed by atoms with Crippen LogP contribution >= 0.6 is 0 Å². The van der Waals surface area contributed by atoms with Crippen LogP contribution in [0, 0.1) is 6.92 Å². The Labute approximate surface area is 101 Å². The normalized spacial score (nSPS) is 10.2. The molecule has 1 amide bonds. The fourth-order valence-electron chi connectivity index (χ4n) is 1.16. The molecule has 1 heterocycles. The number of aromatic nitrogens is 2. The molecule has 6 nitrogen and oxygen atoms in total. The minimum atomic E-state index is -0.203. The standard InChI is InChI=1S/C11H18N4O2/c1-9-7-15-10(8-14-9)11(16)13-4-3-12-5-6-17-2/h7-8,12H,3-6H2,1-2H3,(H,13,16). The molecule has 0 aliphatic rings. The van der Waals surface area contributed by atoms with Crippen LogP contribution in [-0.2, 0) is 4.74 Å². The summed E-state index contributed by atoms with van der Waals surface area (Å²) < 4.78 is 4.88. The topological polar surface area (TPSA) is 76.1 Å². The summed E-state index contributed by atoms with van der Waals surface area (Å²) in [6.07, 6.45) is 3.05. The first kappa shape index (κ1) is 13.5. The van der Waals surface area contributed by atoms with E-state index in [-0.39, 0.29) is 5.91 Å². The molecule has 0 aromatic carbocycles. The molecule has 0 saturated carbocycles. The molecule has 17 heavy (non-hydrogen) atoms. The molecule has 0 unspecified atom stereocenters. The second-order valence-electron chi connectivity index (χ2n) is 3.54. The van der Waals surface area contributed by atoms with Crippen molar-refractivity contribution in [2.75, 3.05) is 33.4 Å². The lowest BCUT2D eigenvalue weighted by Gasteiger charge is -2.05. The second kappa shape index (κ2) is 7.70. The Morgan fingerprint density at radius 2 is 2.12 bits per heavy atom. The van der Waals surface area contributed by atoms with Gasteiger partial charge in [-0.3, -0.25) is 9.78 Å². The summed E-state index contributed by atoms with van der Waals surface area (Å²) >= 11 is 0. The van der Waals surface area contributed by atoms with Gasteiger partial charge in [0.15, 0.2) is 0 Å². The van der Waals surface area contributed by atoms with Gasteiger partial charge in [0.05, 0.1) is 18.5 Å². The first-order valence-corrected chi connectivity index (χ1v) is 5.50. The van der Waals surface area contributed by atoms with Crippen LogP contribution in [-0.4, -0.2) is 49.2 Å². The molecule has 2 N–H and O–H groups in total. The van der Waals surface area contributed by atoms with Crippen molar-refractivity contribution in [1.82, 2.24) is 20.6 Å². The van der Waals surface area contributed by atoms with E-state index in [1.807, 2.05) is 6.92 Å². The SMILES string of the molecule is COCCNCCNC(=O)c1cnc(C)cn1. The first-order chi connectivity index (χ1) is 8.24. The Hall–Kier alpha value is -1.53. The number of methoxy groups -OCH3 is 1. The van der Waals surface area contributed by atoms with Gasteiger partial charge >= 0.3 is 0 Å². The summed E-state index contributed by atoms with van der Waals surface area (Å²) in [4.78, 5) is 19.6. The maximum absolute atomic E-state index is 11.6. The average molecular weight is 238 g/mol. The molecule has 0 atom stereocenters. The van der Waals surface area contributed by atoms with Gasteiger partial charge in [0.1, 0.15) is 5.69 Å². The zero-order valence-corrected chi connectivity index (χ0v) is 10.2. The third kappa shape index (κ3) is 5.37. The molecule has 0 radical (unpaired) electrons. The van der Waals surface area contributed by atoms with E-state index in [1.165, 1.54) is 6.20 Å². The number of amides is 1. The van der Waals surface area contributed by atoms with Crippen molar-refractivity contribution >= 4 is 5.91 Å². The van der Waals surface area contributed by atoms with Crippen molar-refractivity contribution < 1.29 is 9.53 Å². The van der Waals surface area contributed by atoms with E-state index in [9.17, 15) is 4.79 Å². The minimum Gasteiger partial charge on any atom is -0.383 e. The number of aryl methyl sites for hydroxylation is 1. The monoisotopic (exact) mass is 238 g/mol. The maximum Gasteiger partial charge on any atom is 0.271 e. The fourth-order valence-corrected chi connectivity index (χ4v) is 1.16. The van der Waals surface area contributed by atoms with Crippen molar-refractivity contribution in [3.63, 3.8) is 0 Å². The molecule has 0 fully saturated rings. The Balaban J connectivity index is 2.19. The Morgan fingerprint density at radius 1 is 1.29 bits per heavy atom. The summed E-state index contributed by atoms with van der Waals surface area (Å²) in [5.74, 6) is -0.203. The van der Waals surface area contributed by atoms with Gasteiger partial charge in [0.25, 0.3) is 5.91 Å². The number of hydrogen-bond acceptors (Lipinski definition) is 5. The van der Waals surface area contributed by atoms with Crippen LogP contribution in [0.3, 0.4) is 0 Å². The number of carbonyl (C=O) groups is 1. The van der Waals surface area contributed by atoms with Crippen LogP contribution in [0.4, 0.5) is 0 Å². The third-order valence-corrected chi connectivity index (χ3v) is 2.08. The smallest absolute Gasteiger partial charge is 0.271 e. The van der Waals surface area contributed by atoms with Crippen LogP contribution < -0.4 is 10.6 Å². The van der Waals surface area contributed by atoms with Crippen molar-refractivity contribution in [2.24, 2.45) is 0 Å². The first-order valence-electron chi connectivity index (χ1n) is 5.50. The summed E-state index contributed by atoms with van der Waals surface area (Å²) in [6.45, 7) is 4.52. The minimum absolute atomic E-state index is 0.203. The number of nitrogens with one attached hydrogen (secondary N) is 2. The Bertz CT molecular complexity index is 340. The van der Waals surface area contributed by atoms with E-state index in [2.05, 4.69) is 20.6 Å². The van der Waals surface area contributed by atoms with E-state index in [0.29, 0.717) is 25.4 Å².